The van der Waals surface area contributed by atoms with Crippen LogP contribution in [-0.2, 0) is 9.59 Å². The van der Waals surface area contributed by atoms with Crippen LogP contribution in [-0.4, -0.2) is 23.4 Å². The van der Waals surface area contributed by atoms with Crippen molar-refractivity contribution in [3.05, 3.63) is 0 Å². The molecule has 0 radical (unpaired) electrons. The van der Waals surface area contributed by atoms with E-state index in [0.717, 1.165) is 25.7 Å². The number of rotatable bonds is 4. The average molecular weight is 255 g/mol. The molecule has 0 spiro atoms. The third-order valence-corrected chi connectivity index (χ3v) is 3.93. The maximum atomic E-state index is 12.1. The molecule has 5 N–H and O–H groups in total. The second-order valence-corrected chi connectivity index (χ2v) is 5.95. The van der Waals surface area contributed by atoms with Crippen molar-refractivity contribution in [1.82, 2.24) is 5.32 Å². The summed E-state index contributed by atoms with van der Waals surface area (Å²) in [5, 5.41) is 2.71. The summed E-state index contributed by atoms with van der Waals surface area (Å²) in [4.78, 5) is 23.3. The van der Waals surface area contributed by atoms with Crippen molar-refractivity contribution in [2.24, 2.45) is 23.3 Å². The summed E-state index contributed by atoms with van der Waals surface area (Å²) in [5.41, 5.74) is 10.2. The fourth-order valence-electron chi connectivity index (χ4n) is 2.42. The lowest BCUT2D eigenvalue weighted by Gasteiger charge is -2.32. The van der Waals surface area contributed by atoms with E-state index in [0.29, 0.717) is 5.92 Å². The van der Waals surface area contributed by atoms with Crippen molar-refractivity contribution < 1.29 is 9.59 Å². The molecule has 1 rings (SSSR count). The Hall–Kier alpha value is -1.10. The Morgan fingerprint density at radius 1 is 1.33 bits per heavy atom. The number of hydrogen-bond donors (Lipinski definition) is 3. The Labute approximate surface area is 109 Å². The summed E-state index contributed by atoms with van der Waals surface area (Å²) in [7, 11) is 0. The van der Waals surface area contributed by atoms with Crippen molar-refractivity contribution in [2.75, 3.05) is 0 Å². The molecule has 3 unspecified atom stereocenters. The molecule has 0 aromatic rings. The Kier molecular flexibility index (Phi) is 4.73. The molecule has 5 nitrogen and oxygen atoms in total. The SMILES string of the molecule is CC(C(=O)NC(C)(C)C(N)=O)C1CCCC(N)C1. The fraction of sp³-hybridized carbons (Fsp3) is 0.846. The van der Waals surface area contributed by atoms with Crippen LogP contribution in [0.3, 0.4) is 0 Å². The van der Waals surface area contributed by atoms with Crippen molar-refractivity contribution >= 4 is 11.8 Å². The van der Waals surface area contributed by atoms with Gasteiger partial charge in [0.05, 0.1) is 0 Å². The molecule has 1 saturated carbocycles. The number of nitrogens with one attached hydrogen (secondary N) is 1. The van der Waals surface area contributed by atoms with Gasteiger partial charge in [-0.1, -0.05) is 13.3 Å². The monoisotopic (exact) mass is 255 g/mol. The van der Waals surface area contributed by atoms with Crippen molar-refractivity contribution in [3.8, 4) is 0 Å². The summed E-state index contributed by atoms with van der Waals surface area (Å²) in [6.07, 6.45) is 4.02. The van der Waals surface area contributed by atoms with E-state index in [1.165, 1.54) is 0 Å². The molecule has 5 heteroatoms. The van der Waals surface area contributed by atoms with Crippen LogP contribution in [0.15, 0.2) is 0 Å². The molecule has 2 amide bonds. The molecule has 3 atom stereocenters. The van der Waals surface area contributed by atoms with Gasteiger partial charge >= 0.3 is 0 Å². The van der Waals surface area contributed by atoms with Gasteiger partial charge in [0.15, 0.2) is 0 Å². The van der Waals surface area contributed by atoms with Crippen molar-refractivity contribution in [1.29, 1.82) is 0 Å². The van der Waals surface area contributed by atoms with E-state index in [1.807, 2.05) is 6.92 Å². The number of amides is 2. The van der Waals surface area contributed by atoms with Crippen LogP contribution in [0.2, 0.25) is 0 Å². The molecule has 0 bridgehead atoms. The first kappa shape index (κ1) is 15.0. The van der Waals surface area contributed by atoms with Gasteiger partial charge in [0.25, 0.3) is 0 Å². The lowest BCUT2D eigenvalue weighted by molar-refractivity contribution is -0.133. The summed E-state index contributed by atoms with van der Waals surface area (Å²) < 4.78 is 0. The summed E-state index contributed by atoms with van der Waals surface area (Å²) >= 11 is 0. The van der Waals surface area contributed by atoms with Gasteiger partial charge in [0.2, 0.25) is 11.8 Å². The molecule has 1 fully saturated rings. The summed E-state index contributed by atoms with van der Waals surface area (Å²) in [6.45, 7) is 5.13. The minimum absolute atomic E-state index is 0.113. The molecular weight excluding hydrogens is 230 g/mol. The topological polar surface area (TPSA) is 98.2 Å². The molecule has 0 aromatic heterocycles. The molecule has 1 aliphatic rings. The zero-order valence-corrected chi connectivity index (χ0v) is 11.5. The average Bonchev–Trinajstić information content (AvgIpc) is 2.27. The first-order valence-corrected chi connectivity index (χ1v) is 6.61. The molecule has 0 saturated heterocycles. The van der Waals surface area contributed by atoms with Gasteiger partial charge in [0, 0.05) is 12.0 Å². The van der Waals surface area contributed by atoms with E-state index in [2.05, 4.69) is 5.32 Å². The van der Waals surface area contributed by atoms with E-state index in [4.69, 9.17) is 11.5 Å². The molecule has 104 valence electrons. The Bertz CT molecular complexity index is 328. The lowest BCUT2D eigenvalue weighted by atomic mass is 9.78. The molecule has 0 heterocycles. The van der Waals surface area contributed by atoms with Gasteiger partial charge in [0.1, 0.15) is 5.54 Å². The maximum Gasteiger partial charge on any atom is 0.242 e. The predicted molar refractivity (Wildman–Crippen MR) is 70.5 cm³/mol. The number of carbonyl (C=O) groups is 2. The van der Waals surface area contributed by atoms with Gasteiger partial charge in [-0.2, -0.15) is 0 Å². The molecule has 0 aliphatic heterocycles. The zero-order valence-electron chi connectivity index (χ0n) is 11.5. The number of primary amides is 1. The maximum absolute atomic E-state index is 12.1. The fourth-order valence-corrected chi connectivity index (χ4v) is 2.42. The smallest absolute Gasteiger partial charge is 0.242 e. The van der Waals surface area contributed by atoms with Crippen molar-refractivity contribution in [3.63, 3.8) is 0 Å². The second-order valence-electron chi connectivity index (χ2n) is 5.95. The van der Waals surface area contributed by atoms with E-state index in [1.54, 1.807) is 13.8 Å². The van der Waals surface area contributed by atoms with Crippen LogP contribution >= 0.6 is 0 Å². The number of carbonyl (C=O) groups excluding carboxylic acids is 2. The minimum Gasteiger partial charge on any atom is -0.368 e. The van der Waals surface area contributed by atoms with Crippen LogP contribution in [0.5, 0.6) is 0 Å². The largest absolute Gasteiger partial charge is 0.368 e. The van der Waals surface area contributed by atoms with E-state index in [-0.39, 0.29) is 17.9 Å². The van der Waals surface area contributed by atoms with Gasteiger partial charge in [-0.05, 0) is 39.0 Å². The number of hydrogen-bond acceptors (Lipinski definition) is 3. The van der Waals surface area contributed by atoms with Crippen LogP contribution in [0.25, 0.3) is 0 Å². The minimum atomic E-state index is -0.998. The first-order valence-electron chi connectivity index (χ1n) is 6.61. The second kappa shape index (κ2) is 5.69. The Morgan fingerprint density at radius 2 is 1.94 bits per heavy atom. The van der Waals surface area contributed by atoms with E-state index >= 15 is 0 Å². The standard InChI is InChI=1S/C13H25N3O2/c1-8(9-5-4-6-10(14)7-9)11(17)16-13(2,3)12(15)18/h8-10H,4-7,14H2,1-3H3,(H2,15,18)(H,16,17). The highest BCUT2D eigenvalue weighted by Crippen LogP contribution is 2.29. The quantitative estimate of drug-likeness (QED) is 0.683. The Morgan fingerprint density at radius 3 is 2.44 bits per heavy atom. The summed E-state index contributed by atoms with van der Waals surface area (Å²) in [6, 6.07) is 0.197. The lowest BCUT2D eigenvalue weighted by Crippen LogP contribution is -2.55. The number of nitrogens with two attached hydrogens (primary N) is 2. The highest BCUT2D eigenvalue weighted by atomic mass is 16.2. The predicted octanol–water partition coefficient (Wildman–Crippen LogP) is 0.520. The Balaban J connectivity index is 2.58. The third-order valence-electron chi connectivity index (χ3n) is 3.93. The highest BCUT2D eigenvalue weighted by Gasteiger charge is 2.33. The van der Waals surface area contributed by atoms with Gasteiger partial charge in [-0.25, -0.2) is 0 Å². The van der Waals surface area contributed by atoms with Gasteiger partial charge in [-0.15, -0.1) is 0 Å². The van der Waals surface area contributed by atoms with Crippen LogP contribution in [0.4, 0.5) is 0 Å². The van der Waals surface area contributed by atoms with Crippen LogP contribution in [0, 0.1) is 11.8 Å². The van der Waals surface area contributed by atoms with E-state index < -0.39 is 11.4 Å². The molecule has 1 aliphatic carbocycles. The van der Waals surface area contributed by atoms with Crippen LogP contribution < -0.4 is 16.8 Å². The molecular formula is C13H25N3O2. The normalized spacial score (nSPS) is 26.4. The zero-order chi connectivity index (χ0) is 13.9. The van der Waals surface area contributed by atoms with Crippen LogP contribution in [0.1, 0.15) is 46.5 Å². The van der Waals surface area contributed by atoms with Crippen molar-refractivity contribution in [2.45, 2.75) is 58.0 Å². The first-order chi connectivity index (χ1) is 8.24. The van der Waals surface area contributed by atoms with E-state index in [9.17, 15) is 9.59 Å². The van der Waals surface area contributed by atoms with Gasteiger partial charge in [-0.3, -0.25) is 9.59 Å². The summed E-state index contributed by atoms with van der Waals surface area (Å²) in [5.74, 6) is -0.464. The molecule has 0 aromatic carbocycles. The molecule has 18 heavy (non-hydrogen) atoms. The third kappa shape index (κ3) is 3.70. The highest BCUT2D eigenvalue weighted by molar-refractivity contribution is 5.90. The van der Waals surface area contributed by atoms with Gasteiger partial charge < -0.3 is 16.8 Å².